The van der Waals surface area contributed by atoms with Crippen LogP contribution >= 0.6 is 11.8 Å². The molecule has 2 heteroatoms. The molecule has 88 valence electrons. The third kappa shape index (κ3) is 2.80. The average Bonchev–Trinajstić information content (AvgIpc) is 2.70. The fraction of sp³-hybridized carbons (Fsp3) is 0.571. The van der Waals surface area contributed by atoms with E-state index in [4.69, 9.17) is 5.73 Å². The van der Waals surface area contributed by atoms with Crippen molar-refractivity contribution in [1.82, 2.24) is 0 Å². The number of thioether (sulfide) groups is 1. The molecule has 0 bridgehead atoms. The van der Waals surface area contributed by atoms with Crippen LogP contribution in [0.4, 0.5) is 0 Å². The molecule has 0 aliphatic carbocycles. The number of hydrogen-bond donors (Lipinski definition) is 1. The average molecular weight is 235 g/mol. The lowest BCUT2D eigenvalue weighted by Gasteiger charge is -2.14. The van der Waals surface area contributed by atoms with Crippen molar-refractivity contribution in [3.63, 3.8) is 0 Å². The first kappa shape index (κ1) is 12.0. The van der Waals surface area contributed by atoms with E-state index in [2.05, 4.69) is 31.2 Å². The normalized spacial score (nSPS) is 20.8. The molecular formula is C14H21NS. The number of rotatable bonds is 5. The highest BCUT2D eigenvalue weighted by molar-refractivity contribution is 7.99. The fourth-order valence-electron chi connectivity index (χ4n) is 2.40. The van der Waals surface area contributed by atoms with E-state index in [1.54, 1.807) is 5.56 Å². The van der Waals surface area contributed by atoms with Gasteiger partial charge in [0.15, 0.2) is 0 Å². The van der Waals surface area contributed by atoms with Gasteiger partial charge in [0.1, 0.15) is 0 Å². The van der Waals surface area contributed by atoms with Crippen molar-refractivity contribution in [2.24, 2.45) is 5.73 Å². The van der Waals surface area contributed by atoms with Crippen LogP contribution in [0.25, 0.3) is 0 Å². The summed E-state index contributed by atoms with van der Waals surface area (Å²) in [6, 6.07) is 9.22. The molecule has 0 fully saturated rings. The molecule has 0 spiro atoms. The number of nitrogens with two attached hydrogens (primary N) is 1. The van der Waals surface area contributed by atoms with Gasteiger partial charge in [-0.05, 0) is 36.8 Å². The molecule has 0 amide bonds. The Hall–Kier alpha value is -0.470. The summed E-state index contributed by atoms with van der Waals surface area (Å²) >= 11 is 2.00. The Morgan fingerprint density at radius 3 is 3.00 bits per heavy atom. The molecule has 2 atom stereocenters. The molecule has 1 aromatic rings. The van der Waals surface area contributed by atoms with Crippen molar-refractivity contribution in [1.29, 1.82) is 0 Å². The molecule has 0 radical (unpaired) electrons. The lowest BCUT2D eigenvalue weighted by atomic mass is 9.93. The van der Waals surface area contributed by atoms with Gasteiger partial charge in [0.2, 0.25) is 0 Å². The van der Waals surface area contributed by atoms with Crippen molar-refractivity contribution in [2.45, 2.75) is 49.5 Å². The summed E-state index contributed by atoms with van der Waals surface area (Å²) in [6.45, 7) is 2.21. The molecule has 0 saturated carbocycles. The lowest BCUT2D eigenvalue weighted by Crippen LogP contribution is -2.20. The van der Waals surface area contributed by atoms with Crippen LogP contribution in [-0.2, 0) is 0 Å². The van der Waals surface area contributed by atoms with E-state index in [9.17, 15) is 0 Å². The second-order valence-electron chi connectivity index (χ2n) is 4.67. The van der Waals surface area contributed by atoms with Crippen LogP contribution in [0, 0.1) is 0 Å². The van der Waals surface area contributed by atoms with E-state index >= 15 is 0 Å². The van der Waals surface area contributed by atoms with Gasteiger partial charge in [-0.3, -0.25) is 0 Å². The minimum absolute atomic E-state index is 0.405. The minimum Gasteiger partial charge on any atom is -0.328 e. The van der Waals surface area contributed by atoms with Crippen LogP contribution < -0.4 is 5.73 Å². The van der Waals surface area contributed by atoms with Gasteiger partial charge in [-0.1, -0.05) is 31.5 Å². The Morgan fingerprint density at radius 1 is 1.38 bits per heavy atom. The maximum atomic E-state index is 6.08. The van der Waals surface area contributed by atoms with Crippen molar-refractivity contribution < 1.29 is 0 Å². The van der Waals surface area contributed by atoms with E-state index in [1.807, 2.05) is 11.8 Å². The molecule has 1 aliphatic heterocycles. The summed E-state index contributed by atoms with van der Waals surface area (Å²) in [5.41, 5.74) is 7.63. The van der Waals surface area contributed by atoms with Crippen LogP contribution in [0.5, 0.6) is 0 Å². The smallest absolute Gasteiger partial charge is 0.0107 e. The number of benzene rings is 1. The molecule has 2 unspecified atom stereocenters. The van der Waals surface area contributed by atoms with Gasteiger partial charge in [0, 0.05) is 16.7 Å². The molecular weight excluding hydrogens is 214 g/mol. The zero-order valence-electron chi connectivity index (χ0n) is 9.99. The molecule has 2 rings (SSSR count). The van der Waals surface area contributed by atoms with Gasteiger partial charge in [-0.2, -0.15) is 0 Å². The molecule has 0 aromatic heterocycles. The lowest BCUT2D eigenvalue weighted by molar-refractivity contribution is 0.513. The Labute approximate surface area is 103 Å². The highest BCUT2D eigenvalue weighted by Gasteiger charge is 2.22. The second-order valence-corrected chi connectivity index (χ2v) is 5.73. The van der Waals surface area contributed by atoms with Gasteiger partial charge >= 0.3 is 0 Å². The van der Waals surface area contributed by atoms with Gasteiger partial charge in [0.05, 0.1) is 0 Å². The second kappa shape index (κ2) is 5.74. The van der Waals surface area contributed by atoms with E-state index in [1.165, 1.54) is 36.3 Å². The molecule has 1 aliphatic rings. The first-order valence-corrected chi connectivity index (χ1v) is 7.27. The van der Waals surface area contributed by atoms with E-state index in [0.717, 1.165) is 5.92 Å². The van der Waals surface area contributed by atoms with Crippen LogP contribution in [0.1, 0.15) is 44.1 Å². The number of hydrogen-bond acceptors (Lipinski definition) is 2. The summed E-state index contributed by atoms with van der Waals surface area (Å²) in [4.78, 5) is 1.48. The van der Waals surface area contributed by atoms with Crippen molar-refractivity contribution in [3.05, 3.63) is 29.8 Å². The topological polar surface area (TPSA) is 26.0 Å². The zero-order chi connectivity index (χ0) is 11.4. The first-order valence-electron chi connectivity index (χ1n) is 6.28. The highest BCUT2D eigenvalue weighted by atomic mass is 32.2. The Balaban J connectivity index is 1.88. The molecule has 1 heterocycles. The molecule has 2 N–H and O–H groups in total. The summed E-state index contributed by atoms with van der Waals surface area (Å²) in [7, 11) is 0. The molecule has 1 nitrogen and oxygen atoms in total. The predicted octanol–water partition coefficient (Wildman–Crippen LogP) is 3.78. The SMILES string of the molecule is CCCC(N)CCC1CSc2ccccc21. The Kier molecular flexibility index (Phi) is 4.30. The van der Waals surface area contributed by atoms with Gasteiger partial charge < -0.3 is 5.73 Å². The van der Waals surface area contributed by atoms with Crippen molar-refractivity contribution in [2.75, 3.05) is 5.75 Å². The highest BCUT2D eigenvalue weighted by Crippen LogP contribution is 2.41. The standard InChI is InChI=1S/C14H21NS/c1-2-5-12(15)9-8-11-10-16-14-7-4-3-6-13(11)14/h3-4,6-7,11-12H,2,5,8-10,15H2,1H3. The molecule has 1 aromatic carbocycles. The largest absolute Gasteiger partial charge is 0.328 e. The summed E-state index contributed by atoms with van der Waals surface area (Å²) in [5, 5.41) is 0. The monoisotopic (exact) mass is 235 g/mol. The van der Waals surface area contributed by atoms with Crippen LogP contribution in [0.15, 0.2) is 29.2 Å². The Morgan fingerprint density at radius 2 is 2.19 bits per heavy atom. The van der Waals surface area contributed by atoms with Gasteiger partial charge in [-0.15, -0.1) is 11.8 Å². The van der Waals surface area contributed by atoms with Gasteiger partial charge in [-0.25, -0.2) is 0 Å². The quantitative estimate of drug-likeness (QED) is 0.840. The van der Waals surface area contributed by atoms with Crippen molar-refractivity contribution in [3.8, 4) is 0 Å². The van der Waals surface area contributed by atoms with Crippen LogP contribution in [0.2, 0.25) is 0 Å². The minimum atomic E-state index is 0.405. The van der Waals surface area contributed by atoms with Crippen LogP contribution in [0.3, 0.4) is 0 Å². The third-order valence-corrected chi connectivity index (χ3v) is 4.60. The number of fused-ring (bicyclic) bond motifs is 1. The molecule has 16 heavy (non-hydrogen) atoms. The molecule has 0 saturated heterocycles. The fourth-order valence-corrected chi connectivity index (χ4v) is 3.70. The maximum Gasteiger partial charge on any atom is 0.0107 e. The third-order valence-electron chi connectivity index (χ3n) is 3.34. The van der Waals surface area contributed by atoms with E-state index < -0.39 is 0 Å². The Bertz CT molecular complexity index is 337. The van der Waals surface area contributed by atoms with Crippen LogP contribution in [-0.4, -0.2) is 11.8 Å². The summed E-state index contributed by atoms with van der Waals surface area (Å²) in [6.07, 6.45) is 4.80. The predicted molar refractivity (Wildman–Crippen MR) is 72.0 cm³/mol. The summed E-state index contributed by atoms with van der Waals surface area (Å²) < 4.78 is 0. The van der Waals surface area contributed by atoms with E-state index in [-0.39, 0.29) is 0 Å². The van der Waals surface area contributed by atoms with E-state index in [0.29, 0.717) is 6.04 Å². The maximum absolute atomic E-state index is 6.08. The first-order chi connectivity index (χ1) is 7.81. The van der Waals surface area contributed by atoms with Crippen molar-refractivity contribution >= 4 is 11.8 Å². The zero-order valence-corrected chi connectivity index (χ0v) is 10.8. The summed E-state index contributed by atoms with van der Waals surface area (Å²) in [5.74, 6) is 1.99. The van der Waals surface area contributed by atoms with Gasteiger partial charge in [0.25, 0.3) is 0 Å².